The first-order valence-electron chi connectivity index (χ1n) is 4.99. The number of halogens is 3. The number of aliphatic hydroxyl groups is 1. The van der Waals surface area contributed by atoms with E-state index in [-0.39, 0.29) is 12.1 Å². The highest BCUT2D eigenvalue weighted by Gasteiger charge is 2.21. The number of amides is 1. The molecule has 0 saturated heterocycles. The van der Waals surface area contributed by atoms with E-state index in [0.29, 0.717) is 0 Å². The molecule has 17 heavy (non-hydrogen) atoms. The molecule has 6 heteroatoms. The third-order valence-electron chi connectivity index (χ3n) is 2.12. The zero-order valence-corrected chi connectivity index (χ0v) is 8.94. The zero-order valence-electron chi connectivity index (χ0n) is 8.94. The van der Waals surface area contributed by atoms with Crippen LogP contribution in [0.1, 0.15) is 10.4 Å². The predicted molar refractivity (Wildman–Crippen MR) is 55.4 cm³/mol. The fraction of sp³-hybridized carbons (Fsp3) is 0.364. The first kappa shape index (κ1) is 13.5. The van der Waals surface area contributed by atoms with E-state index in [2.05, 4.69) is 0 Å². The molecule has 0 spiro atoms. The lowest BCUT2D eigenvalue weighted by Gasteiger charge is -2.21. The summed E-state index contributed by atoms with van der Waals surface area (Å²) in [5.74, 6) is -1.62. The number of carbonyl (C=O) groups is 1. The van der Waals surface area contributed by atoms with Crippen molar-refractivity contribution in [3.8, 4) is 0 Å². The molecule has 0 heterocycles. The van der Waals surface area contributed by atoms with E-state index in [1.165, 1.54) is 18.2 Å². The van der Waals surface area contributed by atoms with Gasteiger partial charge in [0.05, 0.1) is 18.7 Å². The normalized spacial score (nSPS) is 10.6. The fourth-order valence-electron chi connectivity index (χ4n) is 1.37. The summed E-state index contributed by atoms with van der Waals surface area (Å²) < 4.78 is 37.7. The Morgan fingerprint density at radius 1 is 1.35 bits per heavy atom. The quantitative estimate of drug-likeness (QED) is 0.857. The minimum Gasteiger partial charge on any atom is -0.395 e. The third kappa shape index (κ3) is 3.74. The number of hydrogen-bond donors (Lipinski definition) is 1. The van der Waals surface area contributed by atoms with E-state index >= 15 is 0 Å². The van der Waals surface area contributed by atoms with E-state index in [1.807, 2.05) is 0 Å². The number of aliphatic hydroxyl groups excluding tert-OH is 1. The molecule has 0 aliphatic rings. The lowest BCUT2D eigenvalue weighted by atomic mass is 10.2. The second-order valence-electron chi connectivity index (χ2n) is 3.35. The Bertz CT molecular complexity index is 385. The van der Waals surface area contributed by atoms with Gasteiger partial charge in [-0.05, 0) is 12.1 Å². The molecule has 0 unspecified atom stereocenters. The van der Waals surface area contributed by atoms with Crippen molar-refractivity contribution in [2.24, 2.45) is 0 Å². The molecule has 94 valence electrons. The van der Waals surface area contributed by atoms with E-state index in [4.69, 9.17) is 5.11 Å². The Balaban J connectivity index is 2.88. The summed E-state index contributed by atoms with van der Waals surface area (Å²) >= 11 is 0. The molecular formula is C11H12F3NO2. The van der Waals surface area contributed by atoms with Crippen LogP contribution in [0.15, 0.2) is 24.3 Å². The van der Waals surface area contributed by atoms with Gasteiger partial charge in [0.25, 0.3) is 12.3 Å². The van der Waals surface area contributed by atoms with Crippen LogP contribution in [0, 0.1) is 5.82 Å². The number of rotatable bonds is 5. The van der Waals surface area contributed by atoms with Gasteiger partial charge in [0, 0.05) is 6.54 Å². The van der Waals surface area contributed by atoms with Crippen molar-refractivity contribution >= 4 is 5.91 Å². The van der Waals surface area contributed by atoms with Gasteiger partial charge in [-0.25, -0.2) is 13.2 Å². The highest BCUT2D eigenvalue weighted by Crippen LogP contribution is 2.11. The maximum absolute atomic E-state index is 13.3. The second-order valence-corrected chi connectivity index (χ2v) is 3.35. The van der Waals surface area contributed by atoms with Gasteiger partial charge in [-0.2, -0.15) is 0 Å². The third-order valence-corrected chi connectivity index (χ3v) is 2.12. The first-order chi connectivity index (χ1) is 8.06. The van der Waals surface area contributed by atoms with Gasteiger partial charge in [-0.1, -0.05) is 12.1 Å². The van der Waals surface area contributed by atoms with Gasteiger partial charge in [0.1, 0.15) is 5.82 Å². The molecule has 3 nitrogen and oxygen atoms in total. The molecule has 0 radical (unpaired) electrons. The van der Waals surface area contributed by atoms with Gasteiger partial charge in [0.2, 0.25) is 0 Å². The standard InChI is InChI=1S/C11H12F3NO2/c12-9-4-2-1-3-8(9)11(17)15(5-6-16)7-10(13)14/h1-4,10,16H,5-7H2. The van der Waals surface area contributed by atoms with Crippen LogP contribution in [0.2, 0.25) is 0 Å². The van der Waals surface area contributed by atoms with E-state index in [0.717, 1.165) is 11.0 Å². The summed E-state index contributed by atoms with van der Waals surface area (Å²) in [6.45, 7) is -1.53. The summed E-state index contributed by atoms with van der Waals surface area (Å²) in [6.07, 6.45) is -2.72. The van der Waals surface area contributed by atoms with E-state index in [1.54, 1.807) is 0 Å². The van der Waals surface area contributed by atoms with Crippen LogP contribution in [0.3, 0.4) is 0 Å². The Hall–Kier alpha value is -1.56. The maximum Gasteiger partial charge on any atom is 0.257 e. The minimum atomic E-state index is -2.72. The zero-order chi connectivity index (χ0) is 12.8. The van der Waals surface area contributed by atoms with Gasteiger partial charge in [-0.3, -0.25) is 4.79 Å². The number of alkyl halides is 2. The smallest absolute Gasteiger partial charge is 0.257 e. The monoisotopic (exact) mass is 247 g/mol. The van der Waals surface area contributed by atoms with Gasteiger partial charge in [0.15, 0.2) is 0 Å². The Morgan fingerprint density at radius 3 is 2.53 bits per heavy atom. The molecule has 0 aliphatic carbocycles. The highest BCUT2D eigenvalue weighted by atomic mass is 19.3. The largest absolute Gasteiger partial charge is 0.395 e. The fourth-order valence-corrected chi connectivity index (χ4v) is 1.37. The van der Waals surface area contributed by atoms with Crippen LogP contribution in [-0.4, -0.2) is 42.0 Å². The van der Waals surface area contributed by atoms with Gasteiger partial charge >= 0.3 is 0 Å². The number of carbonyl (C=O) groups excluding carboxylic acids is 1. The molecule has 0 aliphatic heterocycles. The van der Waals surface area contributed by atoms with Crippen LogP contribution in [0.5, 0.6) is 0 Å². The molecule has 1 amide bonds. The Labute approximate surface area is 96.5 Å². The van der Waals surface area contributed by atoms with Crippen LogP contribution in [0.25, 0.3) is 0 Å². The molecule has 1 rings (SSSR count). The number of nitrogens with zero attached hydrogens (tertiary/aromatic N) is 1. The lowest BCUT2D eigenvalue weighted by molar-refractivity contribution is 0.0505. The molecule has 1 N–H and O–H groups in total. The average molecular weight is 247 g/mol. The van der Waals surface area contributed by atoms with Crippen LogP contribution < -0.4 is 0 Å². The van der Waals surface area contributed by atoms with Crippen molar-refractivity contribution in [3.05, 3.63) is 35.6 Å². The molecule has 1 aromatic rings. The topological polar surface area (TPSA) is 40.5 Å². The predicted octanol–water partition coefficient (Wildman–Crippen LogP) is 1.53. The molecule has 0 saturated carbocycles. The number of hydrogen-bond acceptors (Lipinski definition) is 2. The van der Waals surface area contributed by atoms with Crippen molar-refractivity contribution in [2.45, 2.75) is 6.43 Å². The first-order valence-corrected chi connectivity index (χ1v) is 4.99. The van der Waals surface area contributed by atoms with Crippen molar-refractivity contribution in [1.82, 2.24) is 4.90 Å². The second kappa shape index (κ2) is 6.24. The van der Waals surface area contributed by atoms with E-state index < -0.39 is 31.3 Å². The molecule has 0 bridgehead atoms. The summed E-state index contributed by atoms with van der Waals surface area (Å²) in [5, 5.41) is 8.68. The molecule has 0 aromatic heterocycles. The maximum atomic E-state index is 13.3. The van der Waals surface area contributed by atoms with Crippen molar-refractivity contribution < 1.29 is 23.1 Å². The van der Waals surface area contributed by atoms with E-state index in [9.17, 15) is 18.0 Å². The summed E-state index contributed by atoms with van der Waals surface area (Å²) in [7, 11) is 0. The molecule has 0 fully saturated rings. The lowest BCUT2D eigenvalue weighted by Crippen LogP contribution is -2.37. The Morgan fingerprint density at radius 2 is 2.00 bits per heavy atom. The molecular weight excluding hydrogens is 235 g/mol. The van der Waals surface area contributed by atoms with Crippen molar-refractivity contribution in [1.29, 1.82) is 0 Å². The van der Waals surface area contributed by atoms with Gasteiger partial charge < -0.3 is 10.0 Å². The van der Waals surface area contributed by atoms with Crippen molar-refractivity contribution in [2.75, 3.05) is 19.7 Å². The minimum absolute atomic E-state index is 0.252. The number of benzene rings is 1. The van der Waals surface area contributed by atoms with Crippen molar-refractivity contribution in [3.63, 3.8) is 0 Å². The summed E-state index contributed by atoms with van der Waals surface area (Å²) in [4.78, 5) is 12.5. The van der Waals surface area contributed by atoms with Crippen LogP contribution in [-0.2, 0) is 0 Å². The van der Waals surface area contributed by atoms with Crippen LogP contribution in [0.4, 0.5) is 13.2 Å². The highest BCUT2D eigenvalue weighted by molar-refractivity contribution is 5.94. The molecule has 0 atom stereocenters. The Kier molecular flexibility index (Phi) is 4.96. The SMILES string of the molecule is O=C(c1ccccc1F)N(CCO)CC(F)F. The average Bonchev–Trinajstić information content (AvgIpc) is 2.28. The summed E-state index contributed by atoms with van der Waals surface area (Å²) in [5.41, 5.74) is -0.276. The van der Waals surface area contributed by atoms with Gasteiger partial charge in [-0.15, -0.1) is 0 Å². The summed E-state index contributed by atoms with van der Waals surface area (Å²) in [6, 6.07) is 5.13. The van der Waals surface area contributed by atoms with Crippen LogP contribution >= 0.6 is 0 Å². The molecule has 1 aromatic carbocycles.